The van der Waals surface area contributed by atoms with Crippen LogP contribution in [0.15, 0.2) is 34.9 Å². The highest BCUT2D eigenvalue weighted by Gasteiger charge is 2.11. The molecule has 0 radical (unpaired) electrons. The van der Waals surface area contributed by atoms with Gasteiger partial charge in [0.25, 0.3) is 0 Å². The number of nitrogens with zero attached hydrogens (tertiary/aromatic N) is 3. The van der Waals surface area contributed by atoms with Crippen LogP contribution in [0.25, 0.3) is 17.0 Å². The van der Waals surface area contributed by atoms with E-state index >= 15 is 0 Å². The van der Waals surface area contributed by atoms with Gasteiger partial charge in [-0.05, 0) is 41.9 Å². The largest absolute Gasteiger partial charge is 0.287 e. The van der Waals surface area contributed by atoms with E-state index in [1.165, 1.54) is 0 Å². The van der Waals surface area contributed by atoms with Crippen molar-refractivity contribution in [1.82, 2.24) is 14.4 Å². The van der Waals surface area contributed by atoms with Gasteiger partial charge < -0.3 is 0 Å². The first-order valence-electron chi connectivity index (χ1n) is 5.84. The molecular formula is C14H11BrClN3. The van der Waals surface area contributed by atoms with Crippen molar-refractivity contribution in [2.45, 2.75) is 13.8 Å². The smallest absolute Gasteiger partial charge is 0.234 e. The van der Waals surface area contributed by atoms with E-state index in [-0.39, 0.29) is 0 Å². The monoisotopic (exact) mass is 335 g/mol. The summed E-state index contributed by atoms with van der Waals surface area (Å²) in [4.78, 5) is 9.04. The Bertz CT molecular complexity index is 762. The van der Waals surface area contributed by atoms with Crippen LogP contribution < -0.4 is 0 Å². The third-order valence-electron chi connectivity index (χ3n) is 3.09. The molecule has 0 unspecified atom stereocenters. The molecule has 0 saturated carbocycles. The second kappa shape index (κ2) is 4.62. The molecule has 0 aliphatic rings. The lowest BCUT2D eigenvalue weighted by molar-refractivity contribution is 0.996. The van der Waals surface area contributed by atoms with Crippen molar-refractivity contribution in [1.29, 1.82) is 0 Å². The molecular weight excluding hydrogens is 326 g/mol. The Morgan fingerprint density at radius 2 is 1.79 bits per heavy atom. The average molecular weight is 337 g/mol. The summed E-state index contributed by atoms with van der Waals surface area (Å²) in [6, 6.07) is 7.65. The molecule has 3 rings (SSSR count). The Kier molecular flexibility index (Phi) is 3.07. The molecule has 3 aromatic rings. The van der Waals surface area contributed by atoms with Crippen LogP contribution in [-0.2, 0) is 0 Å². The summed E-state index contributed by atoms with van der Waals surface area (Å²) in [6.07, 6.45) is 1.99. The normalized spacial score (nSPS) is 11.2. The van der Waals surface area contributed by atoms with Crippen molar-refractivity contribution in [3.05, 3.63) is 51.3 Å². The highest BCUT2D eigenvalue weighted by molar-refractivity contribution is 9.10. The Morgan fingerprint density at radius 1 is 1.11 bits per heavy atom. The first-order chi connectivity index (χ1) is 9.06. The maximum atomic E-state index is 5.90. The molecule has 0 atom stereocenters. The van der Waals surface area contributed by atoms with Gasteiger partial charge in [-0.1, -0.05) is 23.7 Å². The first-order valence-corrected chi connectivity index (χ1v) is 7.01. The summed E-state index contributed by atoms with van der Waals surface area (Å²) >= 11 is 9.45. The van der Waals surface area contributed by atoms with Gasteiger partial charge in [0.05, 0.1) is 15.9 Å². The van der Waals surface area contributed by atoms with Gasteiger partial charge in [0, 0.05) is 22.5 Å². The summed E-state index contributed by atoms with van der Waals surface area (Å²) < 4.78 is 3.00. The van der Waals surface area contributed by atoms with Crippen LogP contribution in [0, 0.1) is 13.8 Å². The van der Waals surface area contributed by atoms with Gasteiger partial charge in [0.2, 0.25) is 5.78 Å². The van der Waals surface area contributed by atoms with Crippen LogP contribution in [0.5, 0.6) is 0 Å². The lowest BCUT2D eigenvalue weighted by atomic mass is 10.2. The molecule has 0 aliphatic heterocycles. The van der Waals surface area contributed by atoms with E-state index in [1.807, 2.05) is 48.7 Å². The van der Waals surface area contributed by atoms with Crippen LogP contribution in [0.3, 0.4) is 0 Å². The van der Waals surface area contributed by atoms with Crippen molar-refractivity contribution < 1.29 is 0 Å². The van der Waals surface area contributed by atoms with Gasteiger partial charge in [-0.15, -0.1) is 0 Å². The molecule has 0 amide bonds. The maximum absolute atomic E-state index is 5.90. The quantitative estimate of drug-likeness (QED) is 0.658. The molecule has 2 heterocycles. The second-order valence-corrected chi connectivity index (χ2v) is 5.63. The lowest BCUT2D eigenvalue weighted by Crippen LogP contribution is -1.97. The number of imidazole rings is 1. The van der Waals surface area contributed by atoms with Gasteiger partial charge in [-0.2, -0.15) is 0 Å². The zero-order valence-electron chi connectivity index (χ0n) is 10.5. The van der Waals surface area contributed by atoms with Crippen LogP contribution in [0.2, 0.25) is 5.02 Å². The highest BCUT2D eigenvalue weighted by Crippen LogP contribution is 2.25. The molecule has 0 spiro atoms. The predicted octanol–water partition coefficient (Wildman–Crippen LogP) is 4.43. The molecule has 1 aromatic carbocycles. The van der Waals surface area contributed by atoms with E-state index in [9.17, 15) is 0 Å². The van der Waals surface area contributed by atoms with Gasteiger partial charge in [-0.25, -0.2) is 9.97 Å². The highest BCUT2D eigenvalue weighted by atomic mass is 79.9. The van der Waals surface area contributed by atoms with Gasteiger partial charge in [0.1, 0.15) is 0 Å². The van der Waals surface area contributed by atoms with E-state index in [0.29, 0.717) is 5.78 Å². The third-order valence-corrected chi connectivity index (χ3v) is 4.49. The number of halogens is 2. The molecule has 5 heteroatoms. The van der Waals surface area contributed by atoms with Crippen molar-refractivity contribution in [3.8, 4) is 11.3 Å². The fourth-order valence-corrected chi connectivity index (χ4v) is 2.43. The molecule has 3 nitrogen and oxygen atoms in total. The van der Waals surface area contributed by atoms with E-state index in [1.54, 1.807) is 0 Å². The summed E-state index contributed by atoms with van der Waals surface area (Å²) in [6.45, 7) is 4.01. The maximum Gasteiger partial charge on any atom is 0.234 e. The Hall–Kier alpha value is -1.39. The van der Waals surface area contributed by atoms with Crippen LogP contribution in [0.4, 0.5) is 0 Å². The van der Waals surface area contributed by atoms with Gasteiger partial charge in [-0.3, -0.25) is 4.40 Å². The summed E-state index contributed by atoms with van der Waals surface area (Å²) in [5.74, 6) is 0.711. The summed E-state index contributed by atoms with van der Waals surface area (Å²) in [5, 5.41) is 0.723. The topological polar surface area (TPSA) is 30.2 Å². The minimum atomic E-state index is 0.711. The van der Waals surface area contributed by atoms with E-state index in [0.717, 1.165) is 32.1 Å². The van der Waals surface area contributed by atoms with Crippen LogP contribution >= 0.6 is 27.5 Å². The molecule has 0 bridgehead atoms. The fraction of sp³-hybridized carbons (Fsp3) is 0.143. The molecule has 0 aliphatic carbocycles. The molecule has 19 heavy (non-hydrogen) atoms. The molecule has 96 valence electrons. The Morgan fingerprint density at radius 3 is 2.47 bits per heavy atom. The van der Waals surface area contributed by atoms with Crippen molar-refractivity contribution in [2.24, 2.45) is 0 Å². The minimum absolute atomic E-state index is 0.711. The summed E-state index contributed by atoms with van der Waals surface area (Å²) in [5.41, 5.74) is 3.96. The van der Waals surface area contributed by atoms with Crippen LogP contribution in [0.1, 0.15) is 11.4 Å². The lowest BCUT2D eigenvalue weighted by Gasteiger charge is -2.04. The number of aryl methyl sites for hydroxylation is 2. The molecule has 0 N–H and O–H groups in total. The number of hydrogen-bond acceptors (Lipinski definition) is 2. The van der Waals surface area contributed by atoms with Crippen molar-refractivity contribution >= 4 is 33.3 Å². The number of aromatic nitrogens is 3. The molecule has 0 saturated heterocycles. The van der Waals surface area contributed by atoms with Gasteiger partial charge >= 0.3 is 0 Å². The average Bonchev–Trinajstić information content (AvgIpc) is 2.81. The number of fused-ring (bicyclic) bond motifs is 1. The predicted molar refractivity (Wildman–Crippen MR) is 80.6 cm³/mol. The molecule has 2 aromatic heterocycles. The zero-order valence-corrected chi connectivity index (χ0v) is 12.8. The second-order valence-electron chi connectivity index (χ2n) is 4.40. The van der Waals surface area contributed by atoms with Crippen molar-refractivity contribution in [2.75, 3.05) is 0 Å². The molecule has 0 fully saturated rings. The van der Waals surface area contributed by atoms with E-state index < -0.39 is 0 Å². The first kappa shape index (κ1) is 12.6. The van der Waals surface area contributed by atoms with E-state index in [4.69, 9.17) is 11.6 Å². The number of hydrogen-bond donors (Lipinski definition) is 0. The fourth-order valence-electron chi connectivity index (χ4n) is 2.02. The van der Waals surface area contributed by atoms with Crippen LogP contribution in [-0.4, -0.2) is 14.4 Å². The standard InChI is InChI=1S/C14H11BrClN3/c1-8-13(15)9(2)19-7-12(18-14(19)17-8)10-3-5-11(16)6-4-10/h3-7H,1-2H3. The SMILES string of the molecule is Cc1nc2nc(-c3ccc(Cl)cc3)cn2c(C)c1Br. The van der Waals surface area contributed by atoms with E-state index in [2.05, 4.69) is 25.9 Å². The van der Waals surface area contributed by atoms with Crippen molar-refractivity contribution in [3.63, 3.8) is 0 Å². The number of rotatable bonds is 1. The Labute approximate surface area is 124 Å². The minimum Gasteiger partial charge on any atom is -0.287 e. The van der Waals surface area contributed by atoms with Gasteiger partial charge in [0.15, 0.2) is 0 Å². The Balaban J connectivity index is 2.22. The zero-order chi connectivity index (χ0) is 13.6. The summed E-state index contributed by atoms with van der Waals surface area (Å²) in [7, 11) is 0. The number of benzene rings is 1. The third kappa shape index (κ3) is 2.15.